The van der Waals surface area contributed by atoms with Crippen LogP contribution in [0.15, 0.2) is 0 Å². The lowest BCUT2D eigenvalue weighted by atomic mass is 10.0. The van der Waals surface area contributed by atoms with Gasteiger partial charge in [-0.15, -0.1) is 0 Å². The van der Waals surface area contributed by atoms with E-state index in [0.29, 0.717) is 6.54 Å². The first-order chi connectivity index (χ1) is 6.20. The van der Waals surface area contributed by atoms with Crippen LogP contribution in [-0.4, -0.2) is 36.0 Å². The minimum atomic E-state index is -0.308. The van der Waals surface area contributed by atoms with Crippen molar-refractivity contribution in [1.82, 2.24) is 5.32 Å². The van der Waals surface area contributed by atoms with Crippen LogP contribution in [0.5, 0.6) is 0 Å². The van der Waals surface area contributed by atoms with Gasteiger partial charge in [-0.25, -0.2) is 0 Å². The van der Waals surface area contributed by atoms with Crippen molar-refractivity contribution >= 4 is 0 Å². The zero-order valence-electron chi connectivity index (χ0n) is 8.25. The standard InChI is InChI=1S/C10H19NO2/c1-10(4-2-3-5-10)13-9-7-11-6-8(9)12/h8-9,11-12H,2-7H2,1H3/t8?,9-/m0/s1. The average molecular weight is 185 g/mol. The molecular weight excluding hydrogens is 166 g/mol. The van der Waals surface area contributed by atoms with Crippen LogP contribution in [0.3, 0.4) is 0 Å². The maximum atomic E-state index is 9.58. The second kappa shape index (κ2) is 3.56. The Labute approximate surface area is 79.5 Å². The molecule has 3 heteroatoms. The van der Waals surface area contributed by atoms with Gasteiger partial charge >= 0.3 is 0 Å². The topological polar surface area (TPSA) is 41.5 Å². The lowest BCUT2D eigenvalue weighted by molar-refractivity contribution is -0.105. The van der Waals surface area contributed by atoms with Gasteiger partial charge < -0.3 is 15.2 Å². The summed E-state index contributed by atoms with van der Waals surface area (Å²) in [4.78, 5) is 0. The van der Waals surface area contributed by atoms with Gasteiger partial charge in [0.15, 0.2) is 0 Å². The van der Waals surface area contributed by atoms with Crippen LogP contribution in [0, 0.1) is 0 Å². The Morgan fingerprint density at radius 1 is 1.31 bits per heavy atom. The molecule has 2 aliphatic rings. The fourth-order valence-electron chi connectivity index (χ4n) is 2.37. The summed E-state index contributed by atoms with van der Waals surface area (Å²) in [5, 5.41) is 12.7. The van der Waals surface area contributed by atoms with Crippen LogP contribution >= 0.6 is 0 Å². The molecule has 1 saturated heterocycles. The van der Waals surface area contributed by atoms with E-state index >= 15 is 0 Å². The molecule has 2 fully saturated rings. The summed E-state index contributed by atoms with van der Waals surface area (Å²) in [6, 6.07) is 0. The van der Waals surface area contributed by atoms with Gasteiger partial charge in [0, 0.05) is 13.1 Å². The van der Waals surface area contributed by atoms with Gasteiger partial charge in [-0.05, 0) is 19.8 Å². The van der Waals surface area contributed by atoms with Gasteiger partial charge in [0.1, 0.15) is 0 Å². The second-order valence-electron chi connectivity index (χ2n) is 4.54. The monoisotopic (exact) mass is 185 g/mol. The van der Waals surface area contributed by atoms with Gasteiger partial charge in [0.05, 0.1) is 17.8 Å². The Hall–Kier alpha value is -0.120. The van der Waals surface area contributed by atoms with Gasteiger partial charge in [-0.1, -0.05) is 12.8 Å². The van der Waals surface area contributed by atoms with E-state index in [2.05, 4.69) is 12.2 Å². The molecule has 2 N–H and O–H groups in total. The van der Waals surface area contributed by atoms with Crippen LogP contribution in [0.25, 0.3) is 0 Å². The third-order valence-electron chi connectivity index (χ3n) is 3.23. The highest BCUT2D eigenvalue weighted by molar-refractivity contribution is 4.88. The molecular formula is C10H19NO2. The Balaban J connectivity index is 1.88. The third kappa shape index (κ3) is 2.03. The molecule has 0 bridgehead atoms. The van der Waals surface area contributed by atoms with E-state index in [-0.39, 0.29) is 17.8 Å². The summed E-state index contributed by atoms with van der Waals surface area (Å²) in [6.45, 7) is 3.66. The van der Waals surface area contributed by atoms with E-state index in [4.69, 9.17) is 4.74 Å². The molecule has 1 aliphatic heterocycles. The smallest absolute Gasteiger partial charge is 0.0977 e. The van der Waals surface area contributed by atoms with Crippen molar-refractivity contribution in [3.8, 4) is 0 Å². The fraction of sp³-hybridized carbons (Fsp3) is 1.00. The molecule has 0 aromatic carbocycles. The molecule has 1 saturated carbocycles. The normalized spacial score (nSPS) is 38.3. The number of hydrogen-bond acceptors (Lipinski definition) is 3. The molecule has 1 aliphatic carbocycles. The van der Waals surface area contributed by atoms with E-state index in [0.717, 1.165) is 19.4 Å². The van der Waals surface area contributed by atoms with Gasteiger partial charge in [0.25, 0.3) is 0 Å². The van der Waals surface area contributed by atoms with Crippen molar-refractivity contribution in [2.45, 2.75) is 50.4 Å². The minimum Gasteiger partial charge on any atom is -0.389 e. The number of hydrogen-bond donors (Lipinski definition) is 2. The number of rotatable bonds is 2. The Bertz CT molecular complexity index is 178. The molecule has 2 rings (SSSR count). The number of β-amino-alcohol motifs (C(OH)–C–C–N with tert-alkyl or cyclic N) is 1. The number of aliphatic hydroxyl groups excluding tert-OH is 1. The number of aliphatic hydroxyl groups is 1. The molecule has 0 aromatic rings. The van der Waals surface area contributed by atoms with Crippen molar-refractivity contribution in [1.29, 1.82) is 0 Å². The summed E-state index contributed by atoms with van der Waals surface area (Å²) in [6.07, 6.45) is 4.55. The molecule has 76 valence electrons. The van der Waals surface area contributed by atoms with Gasteiger partial charge in [0.2, 0.25) is 0 Å². The highest BCUT2D eigenvalue weighted by Crippen LogP contribution is 2.34. The quantitative estimate of drug-likeness (QED) is 0.664. The highest BCUT2D eigenvalue weighted by Gasteiger charge is 2.36. The number of ether oxygens (including phenoxy) is 1. The Morgan fingerprint density at radius 3 is 2.54 bits per heavy atom. The Kier molecular flexibility index (Phi) is 2.58. The fourth-order valence-corrected chi connectivity index (χ4v) is 2.37. The largest absolute Gasteiger partial charge is 0.389 e. The van der Waals surface area contributed by atoms with Crippen LogP contribution in [0.2, 0.25) is 0 Å². The van der Waals surface area contributed by atoms with Crippen LogP contribution in [0.4, 0.5) is 0 Å². The van der Waals surface area contributed by atoms with Crippen molar-refractivity contribution in [3.63, 3.8) is 0 Å². The van der Waals surface area contributed by atoms with Crippen LogP contribution in [0.1, 0.15) is 32.6 Å². The summed E-state index contributed by atoms with van der Waals surface area (Å²) in [5.74, 6) is 0. The molecule has 0 aromatic heterocycles. The highest BCUT2D eigenvalue weighted by atomic mass is 16.5. The van der Waals surface area contributed by atoms with Crippen LogP contribution < -0.4 is 5.32 Å². The zero-order valence-corrected chi connectivity index (χ0v) is 8.25. The number of nitrogens with one attached hydrogen (secondary N) is 1. The summed E-state index contributed by atoms with van der Waals surface area (Å²) >= 11 is 0. The van der Waals surface area contributed by atoms with E-state index in [1.54, 1.807) is 0 Å². The third-order valence-corrected chi connectivity index (χ3v) is 3.23. The maximum absolute atomic E-state index is 9.58. The molecule has 3 nitrogen and oxygen atoms in total. The molecule has 13 heavy (non-hydrogen) atoms. The SMILES string of the molecule is CC1(O[C@H]2CNCC2O)CCCC1. The first-order valence-corrected chi connectivity index (χ1v) is 5.26. The van der Waals surface area contributed by atoms with Gasteiger partial charge in [-0.2, -0.15) is 0 Å². The molecule has 0 radical (unpaired) electrons. The first kappa shape index (κ1) is 9.44. The first-order valence-electron chi connectivity index (χ1n) is 5.26. The lowest BCUT2D eigenvalue weighted by Gasteiger charge is -2.29. The summed E-state index contributed by atoms with van der Waals surface area (Å²) < 4.78 is 5.96. The van der Waals surface area contributed by atoms with Crippen molar-refractivity contribution < 1.29 is 9.84 Å². The van der Waals surface area contributed by atoms with Crippen LogP contribution in [-0.2, 0) is 4.74 Å². The maximum Gasteiger partial charge on any atom is 0.0977 e. The van der Waals surface area contributed by atoms with E-state index < -0.39 is 0 Å². The zero-order chi connectivity index (χ0) is 9.31. The van der Waals surface area contributed by atoms with E-state index in [1.807, 2.05) is 0 Å². The minimum absolute atomic E-state index is 0.0168. The molecule has 1 unspecified atom stereocenters. The van der Waals surface area contributed by atoms with Gasteiger partial charge in [-0.3, -0.25) is 0 Å². The molecule has 0 amide bonds. The second-order valence-corrected chi connectivity index (χ2v) is 4.54. The van der Waals surface area contributed by atoms with Crippen molar-refractivity contribution in [2.24, 2.45) is 0 Å². The predicted molar refractivity (Wildman–Crippen MR) is 50.6 cm³/mol. The molecule has 2 atom stereocenters. The van der Waals surface area contributed by atoms with Crippen molar-refractivity contribution in [2.75, 3.05) is 13.1 Å². The van der Waals surface area contributed by atoms with E-state index in [1.165, 1.54) is 12.8 Å². The van der Waals surface area contributed by atoms with E-state index in [9.17, 15) is 5.11 Å². The Morgan fingerprint density at radius 2 is 2.00 bits per heavy atom. The summed E-state index contributed by atoms with van der Waals surface area (Å²) in [7, 11) is 0. The molecule has 1 heterocycles. The predicted octanol–water partition coefficient (Wildman–Crippen LogP) is 0.668. The summed E-state index contributed by atoms with van der Waals surface area (Å²) in [5.41, 5.74) is 0.0394. The lowest BCUT2D eigenvalue weighted by Crippen LogP contribution is -2.37. The average Bonchev–Trinajstić information content (AvgIpc) is 2.64. The van der Waals surface area contributed by atoms with Crippen molar-refractivity contribution in [3.05, 3.63) is 0 Å². The molecule has 0 spiro atoms.